The minimum Gasteiger partial charge on any atom is -0.328 e. The average Bonchev–Trinajstić information content (AvgIpc) is 1.35. The van der Waals surface area contributed by atoms with Gasteiger partial charge in [0.15, 0.2) is 0 Å². The van der Waals surface area contributed by atoms with Gasteiger partial charge in [-0.2, -0.15) is 0 Å². The molecule has 2 heteroatoms. The van der Waals surface area contributed by atoms with Crippen molar-refractivity contribution in [3.05, 3.63) is 0 Å². The van der Waals surface area contributed by atoms with E-state index in [1.54, 1.807) is 0 Å². The molecular formula is C5H14ClN. The van der Waals surface area contributed by atoms with Crippen molar-refractivity contribution in [2.45, 2.75) is 32.7 Å². The molecule has 0 aliphatic carbocycles. The first-order valence-corrected chi connectivity index (χ1v) is 2.53. The quantitative estimate of drug-likeness (QED) is 0.593. The van der Waals surface area contributed by atoms with Crippen LogP contribution in [0.3, 0.4) is 0 Å². The maximum absolute atomic E-state index is 5.40. The Morgan fingerprint density at radius 1 is 1.57 bits per heavy atom. The first kappa shape index (κ1) is 10.3. The molecule has 0 unspecified atom stereocenters. The zero-order valence-electron chi connectivity index (χ0n) is 4.98. The van der Waals surface area contributed by atoms with Crippen molar-refractivity contribution in [3.8, 4) is 0 Å². The monoisotopic (exact) mass is 123 g/mol. The van der Waals surface area contributed by atoms with Gasteiger partial charge in [-0.25, -0.2) is 0 Å². The molecule has 1 nitrogen and oxygen atoms in total. The van der Waals surface area contributed by atoms with Gasteiger partial charge in [0.1, 0.15) is 0 Å². The Balaban J connectivity index is 0. The Kier molecular flexibility index (Phi) is 9.17. The van der Waals surface area contributed by atoms with Crippen LogP contribution in [0.15, 0.2) is 0 Å². The van der Waals surface area contributed by atoms with Crippen LogP contribution in [-0.2, 0) is 0 Å². The van der Waals surface area contributed by atoms with Gasteiger partial charge in [-0.05, 0) is 13.3 Å². The van der Waals surface area contributed by atoms with Crippen molar-refractivity contribution in [2.75, 3.05) is 0 Å². The molecular weight excluding hydrogens is 110 g/mol. The van der Waals surface area contributed by atoms with Gasteiger partial charge in [-0.3, -0.25) is 0 Å². The van der Waals surface area contributed by atoms with Gasteiger partial charge in [0.05, 0.1) is 0 Å². The lowest BCUT2D eigenvalue weighted by Crippen LogP contribution is -2.13. The molecule has 0 rings (SSSR count). The average molecular weight is 124 g/mol. The molecule has 0 aromatic rings. The fourth-order valence-electron chi connectivity index (χ4n) is 0.455. The third kappa shape index (κ3) is 10.7. The second-order valence-electron chi connectivity index (χ2n) is 1.77. The Morgan fingerprint density at radius 3 is 2.00 bits per heavy atom. The Hall–Kier alpha value is 0.250. The van der Waals surface area contributed by atoms with Crippen molar-refractivity contribution < 1.29 is 0 Å². The van der Waals surface area contributed by atoms with E-state index in [0.29, 0.717) is 6.04 Å². The summed E-state index contributed by atoms with van der Waals surface area (Å²) < 4.78 is 0. The molecule has 0 aromatic carbocycles. The lowest BCUT2D eigenvalue weighted by atomic mass is 10.2. The van der Waals surface area contributed by atoms with Crippen LogP contribution in [0.25, 0.3) is 0 Å². The molecule has 2 N–H and O–H groups in total. The fourth-order valence-corrected chi connectivity index (χ4v) is 0.455. The van der Waals surface area contributed by atoms with E-state index < -0.39 is 0 Å². The van der Waals surface area contributed by atoms with E-state index in [0.717, 1.165) is 6.42 Å². The third-order valence-corrected chi connectivity index (χ3v) is 0.744. The highest BCUT2D eigenvalue weighted by Crippen LogP contribution is 1.88. The van der Waals surface area contributed by atoms with Gasteiger partial charge in [0.25, 0.3) is 0 Å². The molecule has 46 valence electrons. The molecule has 7 heavy (non-hydrogen) atoms. The zero-order chi connectivity index (χ0) is 4.99. The van der Waals surface area contributed by atoms with Crippen molar-refractivity contribution >= 4 is 12.4 Å². The third-order valence-electron chi connectivity index (χ3n) is 0.744. The molecule has 0 aliphatic rings. The molecule has 0 saturated carbocycles. The summed E-state index contributed by atoms with van der Waals surface area (Å²) in [4.78, 5) is 0. The molecule has 0 amide bonds. The summed E-state index contributed by atoms with van der Waals surface area (Å²) in [5, 5.41) is 0. The van der Waals surface area contributed by atoms with E-state index in [1.165, 1.54) is 6.42 Å². The van der Waals surface area contributed by atoms with Crippen LogP contribution in [0.5, 0.6) is 0 Å². The molecule has 0 heterocycles. The van der Waals surface area contributed by atoms with E-state index in [-0.39, 0.29) is 12.4 Å². The van der Waals surface area contributed by atoms with Crippen LogP contribution < -0.4 is 5.73 Å². The van der Waals surface area contributed by atoms with E-state index >= 15 is 0 Å². The summed E-state index contributed by atoms with van der Waals surface area (Å²) >= 11 is 0. The van der Waals surface area contributed by atoms with E-state index in [9.17, 15) is 0 Å². The van der Waals surface area contributed by atoms with Gasteiger partial charge in [0, 0.05) is 6.04 Å². The molecule has 0 spiro atoms. The summed E-state index contributed by atoms with van der Waals surface area (Å²) in [7, 11) is 0. The van der Waals surface area contributed by atoms with Crippen LogP contribution in [0, 0.1) is 0 Å². The number of hydrogen-bond acceptors (Lipinski definition) is 1. The minimum absolute atomic E-state index is 0. The van der Waals surface area contributed by atoms with Crippen LogP contribution in [0.4, 0.5) is 0 Å². The van der Waals surface area contributed by atoms with E-state index in [2.05, 4.69) is 6.92 Å². The van der Waals surface area contributed by atoms with Gasteiger partial charge in [-0.1, -0.05) is 13.3 Å². The standard InChI is InChI=1S/C5H13N.ClH/c1-3-4-5(2)6;/h5H,3-4,6H2,1-2H3;1H/t5-;/m0./s1. The number of hydrogen-bond donors (Lipinski definition) is 1. The highest BCUT2D eigenvalue weighted by Gasteiger charge is 1.85. The molecule has 0 aromatic heterocycles. The summed E-state index contributed by atoms with van der Waals surface area (Å²) in [6, 6.07) is 0.398. The Bertz CT molecular complexity index is 29.3. The smallest absolute Gasteiger partial charge is 0.00103 e. The molecule has 0 aliphatic heterocycles. The summed E-state index contributed by atoms with van der Waals surface area (Å²) in [5.41, 5.74) is 5.40. The van der Waals surface area contributed by atoms with Gasteiger partial charge >= 0.3 is 0 Å². The van der Waals surface area contributed by atoms with Gasteiger partial charge < -0.3 is 5.73 Å². The summed E-state index contributed by atoms with van der Waals surface area (Å²) in [6.45, 7) is 4.17. The first-order valence-electron chi connectivity index (χ1n) is 2.53. The van der Waals surface area contributed by atoms with Crippen LogP contribution >= 0.6 is 12.4 Å². The summed E-state index contributed by atoms with van der Waals surface area (Å²) in [6.07, 6.45) is 2.36. The van der Waals surface area contributed by atoms with E-state index in [1.807, 2.05) is 6.92 Å². The second kappa shape index (κ2) is 6.25. The van der Waals surface area contributed by atoms with Crippen LogP contribution in [0.1, 0.15) is 26.7 Å². The van der Waals surface area contributed by atoms with Crippen molar-refractivity contribution in [2.24, 2.45) is 5.73 Å². The normalized spacial score (nSPS) is 12.4. The molecule has 0 fully saturated rings. The molecule has 1 atom stereocenters. The number of halogens is 1. The highest BCUT2D eigenvalue weighted by molar-refractivity contribution is 5.85. The van der Waals surface area contributed by atoms with Crippen molar-refractivity contribution in [1.82, 2.24) is 0 Å². The number of nitrogens with two attached hydrogens (primary N) is 1. The predicted octanol–water partition coefficient (Wildman–Crippen LogP) is 1.56. The summed E-state index contributed by atoms with van der Waals surface area (Å²) in [5.74, 6) is 0. The lowest BCUT2D eigenvalue weighted by Gasteiger charge is -1.96. The SMILES string of the molecule is CCC[C@H](C)N.Cl. The zero-order valence-corrected chi connectivity index (χ0v) is 5.79. The molecule has 0 radical (unpaired) electrons. The van der Waals surface area contributed by atoms with E-state index in [4.69, 9.17) is 5.73 Å². The molecule has 0 saturated heterocycles. The Labute approximate surface area is 51.7 Å². The largest absolute Gasteiger partial charge is 0.328 e. The topological polar surface area (TPSA) is 26.0 Å². The van der Waals surface area contributed by atoms with Crippen LogP contribution in [0.2, 0.25) is 0 Å². The van der Waals surface area contributed by atoms with Gasteiger partial charge in [-0.15, -0.1) is 12.4 Å². The molecule has 0 bridgehead atoms. The predicted molar refractivity (Wildman–Crippen MR) is 35.8 cm³/mol. The number of rotatable bonds is 2. The Morgan fingerprint density at radius 2 is 2.00 bits per heavy atom. The highest BCUT2D eigenvalue weighted by atomic mass is 35.5. The first-order chi connectivity index (χ1) is 2.77. The van der Waals surface area contributed by atoms with Crippen molar-refractivity contribution in [3.63, 3.8) is 0 Å². The fraction of sp³-hybridized carbons (Fsp3) is 1.00. The second-order valence-corrected chi connectivity index (χ2v) is 1.77. The van der Waals surface area contributed by atoms with Crippen LogP contribution in [-0.4, -0.2) is 6.04 Å². The van der Waals surface area contributed by atoms with Gasteiger partial charge in [0.2, 0.25) is 0 Å². The maximum Gasteiger partial charge on any atom is 0.00103 e. The maximum atomic E-state index is 5.40. The lowest BCUT2D eigenvalue weighted by molar-refractivity contribution is 0.653. The minimum atomic E-state index is 0. The van der Waals surface area contributed by atoms with Crippen molar-refractivity contribution in [1.29, 1.82) is 0 Å².